The van der Waals surface area contributed by atoms with E-state index >= 15 is 0 Å². The summed E-state index contributed by atoms with van der Waals surface area (Å²) in [6.07, 6.45) is 4.24. The van der Waals surface area contributed by atoms with Gasteiger partial charge in [0, 0.05) is 24.9 Å². The highest BCUT2D eigenvalue weighted by Gasteiger charge is 2.30. The lowest BCUT2D eigenvalue weighted by atomic mass is 9.91. The third-order valence-corrected chi connectivity index (χ3v) is 7.07. The first kappa shape index (κ1) is 28.7. The highest BCUT2D eigenvalue weighted by Crippen LogP contribution is 2.29. The predicted molar refractivity (Wildman–Crippen MR) is 146 cm³/mol. The van der Waals surface area contributed by atoms with Gasteiger partial charge >= 0.3 is 5.97 Å². The van der Waals surface area contributed by atoms with Gasteiger partial charge < -0.3 is 19.9 Å². The number of nitrogens with one attached hydrogen (secondary N) is 1. The van der Waals surface area contributed by atoms with E-state index in [1.807, 2.05) is 58.0 Å². The maximum absolute atomic E-state index is 13.1. The van der Waals surface area contributed by atoms with E-state index in [1.54, 1.807) is 0 Å². The number of amides is 1. The summed E-state index contributed by atoms with van der Waals surface area (Å²) in [5, 5.41) is 12.5. The predicted octanol–water partition coefficient (Wildman–Crippen LogP) is 5.64. The van der Waals surface area contributed by atoms with E-state index in [9.17, 15) is 14.7 Å². The molecule has 37 heavy (non-hydrogen) atoms. The lowest BCUT2D eigenvalue weighted by molar-refractivity contribution is -0.152. The number of carbonyl (C=O) groups is 2. The highest BCUT2D eigenvalue weighted by atomic mass is 16.5. The first-order valence-corrected chi connectivity index (χ1v) is 13.2. The van der Waals surface area contributed by atoms with Crippen molar-refractivity contribution in [3.63, 3.8) is 0 Å². The molecule has 0 saturated heterocycles. The number of anilines is 1. The van der Waals surface area contributed by atoms with Crippen LogP contribution in [0.1, 0.15) is 68.7 Å². The van der Waals surface area contributed by atoms with Gasteiger partial charge in [-0.15, -0.1) is 0 Å². The number of aryl methyl sites for hydroxylation is 3. The third-order valence-electron chi connectivity index (χ3n) is 7.07. The lowest BCUT2D eigenvalue weighted by Gasteiger charge is -2.36. The van der Waals surface area contributed by atoms with Crippen LogP contribution in [0.25, 0.3) is 0 Å². The molecule has 2 N–H and O–H groups in total. The first-order valence-electron chi connectivity index (χ1n) is 13.2. The van der Waals surface area contributed by atoms with Gasteiger partial charge in [-0.25, -0.2) is 4.79 Å². The van der Waals surface area contributed by atoms with Crippen molar-refractivity contribution < 1.29 is 24.2 Å². The van der Waals surface area contributed by atoms with Crippen LogP contribution in [-0.4, -0.2) is 52.8 Å². The van der Waals surface area contributed by atoms with Gasteiger partial charge in [0.1, 0.15) is 5.75 Å². The zero-order valence-electron chi connectivity index (χ0n) is 23.1. The van der Waals surface area contributed by atoms with Gasteiger partial charge in [0.05, 0.1) is 12.6 Å². The number of carboxylic acid groups (broad SMARTS) is 1. The van der Waals surface area contributed by atoms with Crippen molar-refractivity contribution in [2.24, 2.45) is 0 Å². The minimum atomic E-state index is -1.32. The van der Waals surface area contributed by atoms with Crippen LogP contribution in [0.4, 0.5) is 5.69 Å². The Labute approximate surface area is 221 Å². The first-order chi connectivity index (χ1) is 17.5. The molecule has 1 aliphatic rings. The van der Waals surface area contributed by atoms with E-state index < -0.39 is 11.6 Å². The van der Waals surface area contributed by atoms with Gasteiger partial charge in [0.15, 0.2) is 5.60 Å². The molecule has 7 nitrogen and oxygen atoms in total. The van der Waals surface area contributed by atoms with Crippen molar-refractivity contribution in [1.29, 1.82) is 0 Å². The number of hydrogen-bond donors (Lipinski definition) is 2. The van der Waals surface area contributed by atoms with E-state index in [0.29, 0.717) is 24.9 Å². The summed E-state index contributed by atoms with van der Waals surface area (Å²) in [5.41, 5.74) is 3.67. The fraction of sp³-hybridized carbons (Fsp3) is 0.533. The molecule has 1 aliphatic carbocycles. The molecule has 0 bridgehead atoms. The number of carboxylic acids is 1. The van der Waals surface area contributed by atoms with E-state index in [2.05, 4.69) is 16.3 Å². The van der Waals surface area contributed by atoms with Crippen LogP contribution < -0.4 is 10.1 Å². The Hall–Kier alpha value is -2.90. The van der Waals surface area contributed by atoms with E-state index in [0.717, 1.165) is 60.2 Å². The average Bonchev–Trinajstić information content (AvgIpc) is 2.83. The Kier molecular flexibility index (Phi) is 9.74. The Morgan fingerprint density at radius 2 is 1.73 bits per heavy atom. The van der Waals surface area contributed by atoms with E-state index in [4.69, 9.17) is 9.47 Å². The molecule has 0 unspecified atom stereocenters. The van der Waals surface area contributed by atoms with Gasteiger partial charge in [0.25, 0.3) is 0 Å². The zero-order chi connectivity index (χ0) is 27.2. The summed E-state index contributed by atoms with van der Waals surface area (Å²) in [5.74, 6) is -0.495. The molecular formula is C30H42N2O5. The van der Waals surface area contributed by atoms with Crippen LogP contribution in [0.15, 0.2) is 36.4 Å². The number of rotatable bonds is 11. The van der Waals surface area contributed by atoms with Crippen LogP contribution in [0.3, 0.4) is 0 Å². The molecule has 7 heteroatoms. The molecule has 2 aromatic carbocycles. The monoisotopic (exact) mass is 510 g/mol. The molecule has 1 saturated carbocycles. The summed E-state index contributed by atoms with van der Waals surface area (Å²) in [6.45, 7) is 12.7. The van der Waals surface area contributed by atoms with E-state index in [1.165, 1.54) is 13.8 Å². The topological polar surface area (TPSA) is 88.1 Å². The minimum absolute atomic E-state index is 0.0289. The van der Waals surface area contributed by atoms with Crippen molar-refractivity contribution in [1.82, 2.24) is 4.90 Å². The third kappa shape index (κ3) is 8.04. The summed E-state index contributed by atoms with van der Waals surface area (Å²) >= 11 is 0. The molecule has 1 amide bonds. The van der Waals surface area contributed by atoms with Crippen molar-refractivity contribution in [3.8, 4) is 5.75 Å². The second-order valence-electron chi connectivity index (χ2n) is 10.7. The van der Waals surface area contributed by atoms with Crippen molar-refractivity contribution in [2.75, 3.05) is 18.5 Å². The smallest absolute Gasteiger partial charge is 0.347 e. The van der Waals surface area contributed by atoms with Crippen LogP contribution in [0.2, 0.25) is 0 Å². The minimum Gasteiger partial charge on any atom is -0.478 e. The molecule has 202 valence electrons. The maximum Gasteiger partial charge on any atom is 0.347 e. The second kappa shape index (κ2) is 12.6. The highest BCUT2D eigenvalue weighted by molar-refractivity contribution is 5.93. The second-order valence-corrected chi connectivity index (χ2v) is 10.7. The van der Waals surface area contributed by atoms with Gasteiger partial charge in [-0.2, -0.15) is 0 Å². The van der Waals surface area contributed by atoms with Gasteiger partial charge in [-0.3, -0.25) is 9.69 Å². The summed E-state index contributed by atoms with van der Waals surface area (Å²) < 4.78 is 11.6. The van der Waals surface area contributed by atoms with Crippen LogP contribution in [0, 0.1) is 20.8 Å². The molecule has 1 fully saturated rings. The molecule has 0 heterocycles. The largest absolute Gasteiger partial charge is 0.478 e. The Morgan fingerprint density at radius 3 is 2.32 bits per heavy atom. The van der Waals surface area contributed by atoms with Gasteiger partial charge in [0.2, 0.25) is 5.91 Å². The fourth-order valence-electron chi connectivity index (χ4n) is 4.93. The van der Waals surface area contributed by atoms with Crippen LogP contribution in [-0.2, 0) is 20.9 Å². The normalized spacial score (nSPS) is 18.0. The number of aliphatic carboxylic acids is 1. The fourth-order valence-corrected chi connectivity index (χ4v) is 4.93. The Balaban J connectivity index is 1.75. The summed E-state index contributed by atoms with van der Waals surface area (Å²) in [4.78, 5) is 26.9. The molecule has 0 atom stereocenters. The average molecular weight is 511 g/mol. The quantitative estimate of drug-likeness (QED) is 0.407. The maximum atomic E-state index is 13.1. The number of ether oxygens (including phenoxy) is 2. The molecule has 3 rings (SSSR count). The number of benzene rings is 2. The van der Waals surface area contributed by atoms with Crippen molar-refractivity contribution in [2.45, 2.75) is 91.5 Å². The molecule has 0 radical (unpaired) electrons. The SMILES string of the molecule is CCOC1CCC(N(CC(=O)Nc2ccc(C)cc2C)Cc2ccc(OC(C)(C)C(=O)O)c(C)c2)CC1. The summed E-state index contributed by atoms with van der Waals surface area (Å²) in [7, 11) is 0. The summed E-state index contributed by atoms with van der Waals surface area (Å²) in [6, 6.07) is 12.1. The zero-order valence-corrected chi connectivity index (χ0v) is 23.1. The van der Waals surface area contributed by atoms with Crippen molar-refractivity contribution in [3.05, 3.63) is 58.7 Å². The molecule has 0 aliphatic heterocycles. The molecule has 0 aromatic heterocycles. The molecule has 2 aromatic rings. The van der Waals surface area contributed by atoms with E-state index in [-0.39, 0.29) is 11.9 Å². The van der Waals surface area contributed by atoms with Crippen LogP contribution in [0.5, 0.6) is 5.75 Å². The van der Waals surface area contributed by atoms with Crippen LogP contribution >= 0.6 is 0 Å². The Bertz CT molecular complexity index is 1090. The van der Waals surface area contributed by atoms with Crippen molar-refractivity contribution >= 4 is 17.6 Å². The Morgan fingerprint density at radius 1 is 1.03 bits per heavy atom. The molecular weight excluding hydrogens is 468 g/mol. The van der Waals surface area contributed by atoms with Gasteiger partial charge in [-0.05, 0) is 96.0 Å². The standard InChI is InChI=1S/C30H42N2O5/c1-7-36-25-12-10-24(11-13-25)32(19-28(33)31-26-14-8-20(2)16-21(26)3)18-23-9-15-27(22(4)17-23)37-30(5,6)29(34)35/h8-9,14-17,24-25H,7,10-13,18-19H2,1-6H3,(H,31,33)(H,34,35). The van der Waals surface area contributed by atoms with Gasteiger partial charge in [-0.1, -0.05) is 29.8 Å². The number of nitrogens with zero attached hydrogens (tertiary/aromatic N) is 1. The number of hydrogen-bond acceptors (Lipinski definition) is 5. The lowest BCUT2D eigenvalue weighted by Crippen LogP contribution is -2.43. The molecule has 0 spiro atoms. The number of carbonyl (C=O) groups excluding carboxylic acids is 1.